The molecule has 14 heavy (non-hydrogen) atoms. The summed E-state index contributed by atoms with van der Waals surface area (Å²) in [4.78, 5) is 3.70. The van der Waals surface area contributed by atoms with Gasteiger partial charge in [-0.25, -0.2) is 0 Å². The molecule has 0 saturated carbocycles. The maximum Gasteiger partial charge on any atom is 0.414 e. The van der Waals surface area contributed by atoms with Gasteiger partial charge in [0, 0.05) is 23.3 Å². The SMILES string of the molecule is OC(Cc1ccncc1Br)C(F)(F)F. The summed E-state index contributed by atoms with van der Waals surface area (Å²) in [5.41, 5.74) is 0.379. The van der Waals surface area contributed by atoms with Crippen molar-refractivity contribution in [1.29, 1.82) is 0 Å². The molecule has 1 heterocycles. The van der Waals surface area contributed by atoms with E-state index in [9.17, 15) is 13.2 Å². The van der Waals surface area contributed by atoms with Gasteiger partial charge in [-0.2, -0.15) is 13.2 Å². The first-order valence-corrected chi connectivity index (χ1v) is 4.53. The first kappa shape index (κ1) is 11.5. The maximum atomic E-state index is 12.0. The second-order valence-corrected chi connectivity index (χ2v) is 3.58. The van der Waals surface area contributed by atoms with E-state index in [4.69, 9.17) is 5.11 Å². The van der Waals surface area contributed by atoms with Crippen LogP contribution >= 0.6 is 15.9 Å². The van der Waals surface area contributed by atoms with Gasteiger partial charge in [-0.3, -0.25) is 4.98 Å². The summed E-state index contributed by atoms with van der Waals surface area (Å²) in [6.07, 6.45) is -4.61. The summed E-state index contributed by atoms with van der Waals surface area (Å²) >= 11 is 3.05. The number of nitrogens with zero attached hydrogens (tertiary/aromatic N) is 1. The zero-order valence-electron chi connectivity index (χ0n) is 6.92. The fourth-order valence-corrected chi connectivity index (χ4v) is 1.31. The van der Waals surface area contributed by atoms with Crippen LogP contribution in [0, 0.1) is 0 Å². The molecule has 0 spiro atoms. The van der Waals surface area contributed by atoms with Gasteiger partial charge in [0.2, 0.25) is 0 Å². The molecule has 78 valence electrons. The number of halogens is 4. The number of aliphatic hydroxyl groups excluding tert-OH is 1. The molecule has 0 aliphatic heterocycles. The largest absolute Gasteiger partial charge is 0.414 e. The lowest BCUT2D eigenvalue weighted by Crippen LogP contribution is -2.30. The van der Waals surface area contributed by atoms with E-state index in [1.54, 1.807) is 0 Å². The molecule has 1 aromatic rings. The van der Waals surface area contributed by atoms with Gasteiger partial charge in [-0.05, 0) is 27.6 Å². The van der Waals surface area contributed by atoms with Crippen molar-refractivity contribution in [3.8, 4) is 0 Å². The number of alkyl halides is 3. The average Bonchev–Trinajstić information content (AvgIpc) is 2.07. The summed E-state index contributed by atoms with van der Waals surface area (Å²) < 4.78 is 36.4. The molecule has 0 saturated heterocycles. The van der Waals surface area contributed by atoms with Crippen LogP contribution in [0.5, 0.6) is 0 Å². The average molecular weight is 270 g/mol. The number of rotatable bonds is 2. The highest BCUT2D eigenvalue weighted by Crippen LogP contribution is 2.25. The molecule has 0 bridgehead atoms. The standard InChI is InChI=1S/C8H7BrF3NO/c9-6-4-13-2-1-5(6)3-7(14)8(10,11)12/h1-2,4,7,14H,3H2. The third-order valence-electron chi connectivity index (χ3n) is 1.65. The maximum absolute atomic E-state index is 12.0. The van der Waals surface area contributed by atoms with Crippen molar-refractivity contribution >= 4 is 15.9 Å². The van der Waals surface area contributed by atoms with Crippen molar-refractivity contribution in [2.75, 3.05) is 0 Å². The van der Waals surface area contributed by atoms with Crippen LogP contribution in [0.3, 0.4) is 0 Å². The topological polar surface area (TPSA) is 33.1 Å². The normalized spacial score (nSPS) is 14.1. The molecular formula is C8H7BrF3NO. The first-order valence-electron chi connectivity index (χ1n) is 3.74. The van der Waals surface area contributed by atoms with Crippen molar-refractivity contribution in [3.63, 3.8) is 0 Å². The highest BCUT2D eigenvalue weighted by atomic mass is 79.9. The fourth-order valence-electron chi connectivity index (χ4n) is 0.894. The molecule has 1 atom stereocenters. The summed E-state index contributed by atoms with van der Waals surface area (Å²) in [7, 11) is 0. The van der Waals surface area contributed by atoms with Crippen molar-refractivity contribution < 1.29 is 18.3 Å². The van der Waals surface area contributed by atoms with Crippen LogP contribution in [0.1, 0.15) is 5.56 Å². The summed E-state index contributed by atoms with van der Waals surface area (Å²) in [6, 6.07) is 1.43. The number of aromatic nitrogens is 1. The summed E-state index contributed by atoms with van der Waals surface area (Å²) in [5, 5.41) is 8.80. The Morgan fingerprint density at radius 2 is 2.14 bits per heavy atom. The minimum Gasteiger partial charge on any atom is -0.383 e. The van der Waals surface area contributed by atoms with Gasteiger partial charge in [0.15, 0.2) is 6.10 Å². The Bertz CT molecular complexity index is 316. The number of pyridine rings is 1. The third-order valence-corrected chi connectivity index (χ3v) is 2.36. The van der Waals surface area contributed by atoms with Gasteiger partial charge in [-0.15, -0.1) is 0 Å². The Labute approximate surface area is 86.9 Å². The Kier molecular flexibility index (Phi) is 3.49. The van der Waals surface area contributed by atoms with Crippen LogP contribution in [-0.2, 0) is 6.42 Å². The van der Waals surface area contributed by atoms with E-state index < -0.39 is 18.7 Å². The Hall–Kier alpha value is -0.620. The molecule has 0 aliphatic rings. The second kappa shape index (κ2) is 4.27. The predicted octanol–water partition coefficient (Wildman–Crippen LogP) is 2.31. The lowest BCUT2D eigenvalue weighted by molar-refractivity contribution is -0.203. The molecule has 6 heteroatoms. The van der Waals surface area contributed by atoms with E-state index >= 15 is 0 Å². The van der Waals surface area contributed by atoms with Gasteiger partial charge in [0.25, 0.3) is 0 Å². The van der Waals surface area contributed by atoms with Crippen molar-refractivity contribution in [2.45, 2.75) is 18.7 Å². The highest BCUT2D eigenvalue weighted by Gasteiger charge is 2.38. The molecule has 0 aromatic carbocycles. The number of hydrogen-bond donors (Lipinski definition) is 1. The Balaban J connectivity index is 2.75. The molecule has 1 N–H and O–H groups in total. The molecule has 1 aromatic heterocycles. The summed E-state index contributed by atoms with van der Waals surface area (Å²) in [6.45, 7) is 0. The Morgan fingerprint density at radius 1 is 1.50 bits per heavy atom. The molecule has 0 fully saturated rings. The lowest BCUT2D eigenvalue weighted by Gasteiger charge is -2.14. The van der Waals surface area contributed by atoms with Gasteiger partial charge < -0.3 is 5.11 Å². The van der Waals surface area contributed by atoms with Crippen LogP contribution in [0.2, 0.25) is 0 Å². The predicted molar refractivity (Wildman–Crippen MR) is 47.7 cm³/mol. The molecule has 1 rings (SSSR count). The molecule has 0 amide bonds. The van der Waals surface area contributed by atoms with Crippen LogP contribution in [-0.4, -0.2) is 22.4 Å². The van der Waals surface area contributed by atoms with Crippen molar-refractivity contribution in [1.82, 2.24) is 4.98 Å². The van der Waals surface area contributed by atoms with Gasteiger partial charge in [0.1, 0.15) is 0 Å². The molecule has 1 unspecified atom stereocenters. The second-order valence-electron chi connectivity index (χ2n) is 2.73. The van der Waals surface area contributed by atoms with E-state index in [0.29, 0.717) is 10.0 Å². The zero-order valence-corrected chi connectivity index (χ0v) is 8.51. The van der Waals surface area contributed by atoms with Crippen LogP contribution in [0.15, 0.2) is 22.9 Å². The van der Waals surface area contributed by atoms with E-state index in [1.807, 2.05) is 0 Å². The van der Waals surface area contributed by atoms with Crippen molar-refractivity contribution in [2.24, 2.45) is 0 Å². The van der Waals surface area contributed by atoms with Gasteiger partial charge >= 0.3 is 6.18 Å². The number of hydrogen-bond acceptors (Lipinski definition) is 2. The van der Waals surface area contributed by atoms with Crippen LogP contribution < -0.4 is 0 Å². The lowest BCUT2D eigenvalue weighted by atomic mass is 10.1. The molecule has 0 radical (unpaired) electrons. The summed E-state index contributed by atoms with van der Waals surface area (Å²) in [5.74, 6) is 0. The third kappa shape index (κ3) is 2.95. The van der Waals surface area contributed by atoms with E-state index in [0.717, 1.165) is 0 Å². The molecule has 0 aliphatic carbocycles. The van der Waals surface area contributed by atoms with Crippen LogP contribution in [0.4, 0.5) is 13.2 Å². The quantitative estimate of drug-likeness (QED) is 0.894. The zero-order chi connectivity index (χ0) is 10.8. The van der Waals surface area contributed by atoms with Gasteiger partial charge in [-0.1, -0.05) is 0 Å². The van der Waals surface area contributed by atoms with E-state index in [1.165, 1.54) is 18.5 Å². The van der Waals surface area contributed by atoms with E-state index in [-0.39, 0.29) is 0 Å². The fraction of sp³-hybridized carbons (Fsp3) is 0.375. The Morgan fingerprint density at radius 3 is 2.64 bits per heavy atom. The highest BCUT2D eigenvalue weighted by molar-refractivity contribution is 9.10. The molecule has 2 nitrogen and oxygen atoms in total. The van der Waals surface area contributed by atoms with E-state index in [2.05, 4.69) is 20.9 Å². The number of aliphatic hydroxyl groups is 1. The monoisotopic (exact) mass is 269 g/mol. The minimum absolute atomic E-state index is 0.379. The van der Waals surface area contributed by atoms with Crippen LogP contribution in [0.25, 0.3) is 0 Å². The van der Waals surface area contributed by atoms with Crippen molar-refractivity contribution in [3.05, 3.63) is 28.5 Å². The molecular weight excluding hydrogens is 263 g/mol. The smallest absolute Gasteiger partial charge is 0.383 e. The first-order chi connectivity index (χ1) is 6.41. The minimum atomic E-state index is -4.58. The van der Waals surface area contributed by atoms with Gasteiger partial charge in [0.05, 0.1) is 0 Å².